The van der Waals surface area contributed by atoms with E-state index in [2.05, 4.69) is 10.6 Å². The predicted molar refractivity (Wildman–Crippen MR) is 122 cm³/mol. The highest BCUT2D eigenvalue weighted by molar-refractivity contribution is 6.38. The van der Waals surface area contributed by atoms with Crippen molar-refractivity contribution in [3.63, 3.8) is 0 Å². The van der Waals surface area contributed by atoms with Gasteiger partial charge in [0.1, 0.15) is 5.54 Å². The third-order valence-electron chi connectivity index (χ3n) is 8.28. The summed E-state index contributed by atoms with van der Waals surface area (Å²) >= 11 is 0. The summed E-state index contributed by atoms with van der Waals surface area (Å²) in [7, 11) is 0. The highest BCUT2D eigenvalue weighted by atomic mass is 16.4. The Labute approximate surface area is 189 Å². The molecule has 172 valence electrons. The zero-order valence-corrected chi connectivity index (χ0v) is 18.6. The van der Waals surface area contributed by atoms with E-state index >= 15 is 0 Å². The fraction of sp³-hybridized carbons (Fsp3) is 0.654. The van der Waals surface area contributed by atoms with Gasteiger partial charge in [-0.2, -0.15) is 0 Å². The van der Waals surface area contributed by atoms with Crippen molar-refractivity contribution >= 4 is 23.2 Å². The van der Waals surface area contributed by atoms with Crippen LogP contribution in [0, 0.1) is 11.8 Å². The van der Waals surface area contributed by atoms with Crippen molar-refractivity contribution < 1.29 is 19.5 Å². The smallest absolute Gasteiger partial charge is 0.325 e. The van der Waals surface area contributed by atoms with Crippen LogP contribution >= 0.6 is 0 Å². The van der Waals surface area contributed by atoms with Crippen molar-refractivity contribution in [2.45, 2.75) is 94.2 Å². The minimum Gasteiger partial charge on any atom is -0.480 e. The Balaban J connectivity index is 1.53. The molecular weight excluding hydrogens is 404 g/mol. The molecular formula is C26H34N2O4. The Morgan fingerprint density at radius 3 is 2.44 bits per heavy atom. The van der Waals surface area contributed by atoms with Gasteiger partial charge in [-0.05, 0) is 56.1 Å². The van der Waals surface area contributed by atoms with E-state index in [-0.39, 0.29) is 42.0 Å². The number of benzene rings is 1. The lowest BCUT2D eigenvalue weighted by Gasteiger charge is -2.47. The van der Waals surface area contributed by atoms with E-state index in [0.717, 1.165) is 75.5 Å². The van der Waals surface area contributed by atoms with E-state index in [1.807, 2.05) is 24.3 Å². The van der Waals surface area contributed by atoms with Crippen molar-refractivity contribution in [1.29, 1.82) is 0 Å². The van der Waals surface area contributed by atoms with Gasteiger partial charge in [0.15, 0.2) is 0 Å². The van der Waals surface area contributed by atoms with Gasteiger partial charge in [-0.15, -0.1) is 0 Å². The molecule has 4 atom stereocenters. The molecule has 0 amide bonds. The Hall–Kier alpha value is -2.21. The molecule has 4 aliphatic rings. The van der Waals surface area contributed by atoms with E-state index in [4.69, 9.17) is 0 Å². The minimum atomic E-state index is -1.45. The van der Waals surface area contributed by atoms with Crippen LogP contribution in [0.4, 0.5) is 5.69 Å². The quantitative estimate of drug-likeness (QED) is 0.530. The molecule has 1 aliphatic heterocycles. The maximum Gasteiger partial charge on any atom is 0.325 e. The van der Waals surface area contributed by atoms with Crippen LogP contribution in [0.15, 0.2) is 24.3 Å². The van der Waals surface area contributed by atoms with Gasteiger partial charge >= 0.3 is 5.97 Å². The van der Waals surface area contributed by atoms with Crippen LogP contribution in [0.1, 0.15) is 82.1 Å². The van der Waals surface area contributed by atoms with Crippen molar-refractivity contribution in [3.05, 3.63) is 29.8 Å². The average Bonchev–Trinajstić information content (AvgIpc) is 3.50. The van der Waals surface area contributed by atoms with Crippen LogP contribution in [0.2, 0.25) is 0 Å². The molecule has 1 heterocycles. The lowest BCUT2D eigenvalue weighted by Crippen LogP contribution is -2.62. The van der Waals surface area contributed by atoms with Crippen LogP contribution in [-0.4, -0.2) is 40.3 Å². The Morgan fingerprint density at radius 1 is 0.969 bits per heavy atom. The molecule has 0 spiro atoms. The number of nitrogens with one attached hydrogen (secondary N) is 2. The third-order valence-corrected chi connectivity index (χ3v) is 8.28. The van der Waals surface area contributed by atoms with Crippen molar-refractivity contribution in [2.24, 2.45) is 11.8 Å². The van der Waals surface area contributed by atoms with E-state index in [1.165, 1.54) is 0 Å². The molecule has 6 heteroatoms. The largest absolute Gasteiger partial charge is 0.480 e. The summed E-state index contributed by atoms with van der Waals surface area (Å²) in [6, 6.07) is 8.23. The van der Waals surface area contributed by atoms with Crippen molar-refractivity contribution in [1.82, 2.24) is 5.32 Å². The molecule has 3 saturated carbocycles. The topological polar surface area (TPSA) is 95.5 Å². The number of carbonyl (C=O) groups is 3. The Kier molecular flexibility index (Phi) is 5.82. The number of carbonyl (C=O) groups excluding carboxylic acids is 2. The summed E-state index contributed by atoms with van der Waals surface area (Å²) in [4.78, 5) is 39.5. The number of carboxylic acids is 1. The van der Waals surface area contributed by atoms with Crippen LogP contribution in [0.5, 0.6) is 0 Å². The van der Waals surface area contributed by atoms with Crippen molar-refractivity contribution in [3.8, 4) is 0 Å². The Bertz CT molecular complexity index is 905. The van der Waals surface area contributed by atoms with Gasteiger partial charge in [0, 0.05) is 36.0 Å². The lowest BCUT2D eigenvalue weighted by atomic mass is 9.65. The molecule has 3 N–H and O–H groups in total. The number of hydrogen-bond acceptors (Lipinski definition) is 5. The molecule has 0 bridgehead atoms. The maximum atomic E-state index is 13.3. The van der Waals surface area contributed by atoms with Crippen LogP contribution in [-0.2, 0) is 14.4 Å². The summed E-state index contributed by atoms with van der Waals surface area (Å²) in [6.07, 6.45) is 9.11. The zero-order chi connectivity index (χ0) is 22.3. The number of aliphatic carboxylic acids is 1. The molecule has 6 nitrogen and oxygen atoms in total. The minimum absolute atomic E-state index is 0.102. The second kappa shape index (κ2) is 8.62. The summed E-state index contributed by atoms with van der Waals surface area (Å²) in [5.74, 6) is -2.29. The number of para-hydroxylation sites is 1. The molecule has 4 unspecified atom stereocenters. The molecule has 0 radical (unpaired) electrons. The fourth-order valence-electron chi connectivity index (χ4n) is 6.57. The van der Waals surface area contributed by atoms with Crippen LogP contribution in [0.25, 0.3) is 0 Å². The number of rotatable bonds is 8. The fourth-order valence-corrected chi connectivity index (χ4v) is 6.57. The standard InChI is InChI=1S/C26H34N2O4/c29-22(24(30)16-7-2-1-3-8-16)15-26(25(31)32,28-17-13-14-17)23-18-9-4-5-11-20(18)27-21-12-6-10-19(21)23/h4-5,9,11,16-17,19,21,23,27-28H,1-3,6-8,10,12-15H2,(H,31,32). The average molecular weight is 439 g/mol. The number of carboxylic acid groups (broad SMARTS) is 1. The van der Waals surface area contributed by atoms with E-state index in [1.54, 1.807) is 0 Å². The third kappa shape index (κ3) is 3.87. The second-order valence-corrected chi connectivity index (χ2v) is 10.4. The SMILES string of the molecule is O=C(CC(NC1CC1)(C(=O)O)C1c2ccccc2NC2CCCC21)C(=O)C1CCCCC1. The van der Waals surface area contributed by atoms with E-state index in [9.17, 15) is 19.5 Å². The number of Topliss-reactive ketones (excluding diaryl/α,β-unsaturated/α-hetero) is 2. The predicted octanol–water partition coefficient (Wildman–Crippen LogP) is 4.05. The lowest BCUT2D eigenvalue weighted by molar-refractivity contribution is -0.151. The molecule has 1 aromatic rings. The van der Waals surface area contributed by atoms with Gasteiger partial charge in [-0.25, -0.2) is 0 Å². The summed E-state index contributed by atoms with van der Waals surface area (Å²) in [5, 5.41) is 17.7. The second-order valence-electron chi connectivity index (χ2n) is 10.4. The van der Waals surface area contributed by atoms with E-state index in [0.29, 0.717) is 0 Å². The summed E-state index contributed by atoms with van der Waals surface area (Å²) < 4.78 is 0. The normalized spacial score (nSPS) is 29.3. The first-order chi connectivity index (χ1) is 15.5. The van der Waals surface area contributed by atoms with Gasteiger partial charge < -0.3 is 10.4 Å². The number of ketones is 2. The molecule has 1 aromatic carbocycles. The monoisotopic (exact) mass is 438 g/mol. The van der Waals surface area contributed by atoms with Gasteiger partial charge in [0.05, 0.1) is 0 Å². The molecule has 0 aromatic heterocycles. The Morgan fingerprint density at radius 2 is 1.72 bits per heavy atom. The maximum absolute atomic E-state index is 13.3. The molecule has 5 rings (SSSR count). The van der Waals surface area contributed by atoms with Crippen LogP contribution in [0.3, 0.4) is 0 Å². The highest BCUT2D eigenvalue weighted by Crippen LogP contribution is 2.52. The molecule has 32 heavy (non-hydrogen) atoms. The van der Waals surface area contributed by atoms with Gasteiger partial charge in [0.2, 0.25) is 11.6 Å². The first kappa shape index (κ1) is 21.6. The highest BCUT2D eigenvalue weighted by Gasteiger charge is 2.57. The van der Waals surface area contributed by atoms with Gasteiger partial charge in [-0.3, -0.25) is 19.7 Å². The molecule has 3 fully saturated rings. The molecule has 0 saturated heterocycles. The summed E-state index contributed by atoms with van der Waals surface area (Å²) in [6.45, 7) is 0. The number of hydrogen-bond donors (Lipinski definition) is 3. The number of anilines is 1. The van der Waals surface area contributed by atoms with Gasteiger partial charge in [-0.1, -0.05) is 43.9 Å². The first-order valence-electron chi connectivity index (χ1n) is 12.4. The van der Waals surface area contributed by atoms with E-state index < -0.39 is 17.3 Å². The van der Waals surface area contributed by atoms with Crippen molar-refractivity contribution in [2.75, 3.05) is 5.32 Å². The van der Waals surface area contributed by atoms with Gasteiger partial charge in [0.25, 0.3) is 0 Å². The summed E-state index contributed by atoms with van der Waals surface area (Å²) in [5.41, 5.74) is 0.479. The molecule has 3 aliphatic carbocycles. The zero-order valence-electron chi connectivity index (χ0n) is 18.6. The number of fused-ring (bicyclic) bond motifs is 2. The van der Waals surface area contributed by atoms with Crippen LogP contribution < -0.4 is 10.6 Å². The first-order valence-corrected chi connectivity index (χ1v) is 12.4.